The summed E-state index contributed by atoms with van der Waals surface area (Å²) in [5.74, 6) is 1.55. The maximum Gasteiger partial charge on any atom is 0.258 e. The zero-order valence-electron chi connectivity index (χ0n) is 15.3. The van der Waals surface area contributed by atoms with Gasteiger partial charge in [-0.05, 0) is 30.7 Å². The minimum absolute atomic E-state index is 0.00672. The summed E-state index contributed by atoms with van der Waals surface area (Å²) >= 11 is 1.70. The highest BCUT2D eigenvalue weighted by Crippen LogP contribution is 2.49. The molecule has 2 aromatic rings. The van der Waals surface area contributed by atoms with Crippen molar-refractivity contribution in [2.24, 2.45) is 13.0 Å². The molecule has 0 radical (unpaired) electrons. The minimum Gasteiger partial charge on any atom is -0.290 e. The topological polar surface area (TPSA) is 34.9 Å². The Labute approximate surface area is 153 Å². The van der Waals surface area contributed by atoms with Crippen molar-refractivity contribution < 1.29 is 0 Å². The van der Waals surface area contributed by atoms with Crippen molar-refractivity contribution in [3.05, 3.63) is 45.7 Å². The van der Waals surface area contributed by atoms with Crippen LogP contribution in [-0.2, 0) is 18.9 Å². The summed E-state index contributed by atoms with van der Waals surface area (Å²) in [6.45, 7) is 4.40. The molecular weight excluding hydrogens is 328 g/mol. The van der Waals surface area contributed by atoms with Crippen molar-refractivity contribution in [3.8, 4) is 11.3 Å². The lowest BCUT2D eigenvalue weighted by atomic mass is 9.68. The Bertz CT molecular complexity index is 863. The molecule has 132 valence electrons. The molecule has 0 amide bonds. The monoisotopic (exact) mass is 354 g/mol. The summed E-state index contributed by atoms with van der Waals surface area (Å²) in [6.07, 6.45) is 5.66. The average Bonchev–Trinajstić information content (AvgIpc) is 3.05. The van der Waals surface area contributed by atoms with Gasteiger partial charge in [0.2, 0.25) is 0 Å². The van der Waals surface area contributed by atoms with E-state index in [2.05, 4.69) is 38.1 Å². The molecule has 3 nitrogen and oxygen atoms in total. The van der Waals surface area contributed by atoms with Gasteiger partial charge < -0.3 is 0 Å². The minimum atomic E-state index is 0.00672. The molecule has 25 heavy (non-hydrogen) atoms. The fourth-order valence-electron chi connectivity index (χ4n) is 4.46. The van der Waals surface area contributed by atoms with Crippen molar-refractivity contribution >= 4 is 11.8 Å². The average molecular weight is 355 g/mol. The SMILES string of the molecule is CC(C)CSc1nc2c(c(=O)n1C)C1(CCCC1)Cc1ccccc1-2. The van der Waals surface area contributed by atoms with Gasteiger partial charge in [0.1, 0.15) is 0 Å². The van der Waals surface area contributed by atoms with Gasteiger partial charge in [-0.3, -0.25) is 9.36 Å². The van der Waals surface area contributed by atoms with Crippen molar-refractivity contribution in [3.63, 3.8) is 0 Å². The number of hydrogen-bond acceptors (Lipinski definition) is 3. The third kappa shape index (κ3) is 2.75. The molecule has 1 fully saturated rings. The van der Waals surface area contributed by atoms with Crippen LogP contribution < -0.4 is 5.56 Å². The van der Waals surface area contributed by atoms with E-state index in [1.165, 1.54) is 24.0 Å². The van der Waals surface area contributed by atoms with E-state index in [9.17, 15) is 4.79 Å². The zero-order chi connectivity index (χ0) is 17.6. The van der Waals surface area contributed by atoms with Gasteiger partial charge in [-0.15, -0.1) is 0 Å². The molecule has 0 saturated heterocycles. The van der Waals surface area contributed by atoms with Crippen LogP contribution in [0.15, 0.2) is 34.2 Å². The Morgan fingerprint density at radius 2 is 1.96 bits per heavy atom. The summed E-state index contributed by atoms with van der Waals surface area (Å²) in [7, 11) is 1.89. The third-order valence-electron chi connectivity index (χ3n) is 5.69. The van der Waals surface area contributed by atoms with E-state index in [0.29, 0.717) is 5.92 Å². The normalized spacial score (nSPS) is 17.8. The molecule has 4 heteroatoms. The predicted molar refractivity (Wildman–Crippen MR) is 104 cm³/mol. The van der Waals surface area contributed by atoms with Crippen LogP contribution in [-0.4, -0.2) is 15.3 Å². The van der Waals surface area contributed by atoms with Crippen molar-refractivity contribution in [1.82, 2.24) is 9.55 Å². The molecule has 0 unspecified atom stereocenters. The summed E-state index contributed by atoms with van der Waals surface area (Å²) in [5.41, 5.74) is 4.65. The van der Waals surface area contributed by atoms with Gasteiger partial charge in [0, 0.05) is 23.8 Å². The van der Waals surface area contributed by atoms with Crippen LogP contribution in [0.5, 0.6) is 0 Å². The lowest BCUT2D eigenvalue weighted by Crippen LogP contribution is -2.39. The van der Waals surface area contributed by atoms with Crippen LogP contribution in [0.1, 0.15) is 50.7 Å². The fraction of sp³-hybridized carbons (Fsp3) is 0.524. The van der Waals surface area contributed by atoms with E-state index in [4.69, 9.17) is 4.98 Å². The first kappa shape index (κ1) is 16.9. The van der Waals surface area contributed by atoms with E-state index in [-0.39, 0.29) is 11.0 Å². The number of hydrogen-bond donors (Lipinski definition) is 0. The highest BCUT2D eigenvalue weighted by atomic mass is 32.2. The molecule has 2 aliphatic rings. The van der Waals surface area contributed by atoms with Crippen LogP contribution in [0.25, 0.3) is 11.3 Å². The Hall–Kier alpha value is -1.55. The van der Waals surface area contributed by atoms with Crippen LogP contribution in [0, 0.1) is 5.92 Å². The van der Waals surface area contributed by atoms with Gasteiger partial charge in [0.05, 0.1) is 11.3 Å². The second-order valence-electron chi connectivity index (χ2n) is 8.01. The van der Waals surface area contributed by atoms with Crippen LogP contribution in [0.2, 0.25) is 0 Å². The highest BCUT2D eigenvalue weighted by Gasteiger charge is 2.44. The van der Waals surface area contributed by atoms with E-state index in [1.807, 2.05) is 7.05 Å². The second kappa shape index (κ2) is 6.31. The number of aromatic nitrogens is 2. The Kier molecular flexibility index (Phi) is 4.27. The predicted octanol–water partition coefficient (Wildman–Crippen LogP) is 4.56. The zero-order valence-corrected chi connectivity index (χ0v) is 16.2. The van der Waals surface area contributed by atoms with E-state index < -0.39 is 0 Å². The van der Waals surface area contributed by atoms with Crippen molar-refractivity contribution in [1.29, 1.82) is 0 Å². The molecule has 0 aliphatic heterocycles. The molecule has 1 spiro atoms. The van der Waals surface area contributed by atoms with E-state index in [1.54, 1.807) is 16.3 Å². The Morgan fingerprint density at radius 3 is 2.68 bits per heavy atom. The Balaban J connectivity index is 1.94. The fourth-order valence-corrected chi connectivity index (χ4v) is 5.38. The largest absolute Gasteiger partial charge is 0.290 e. The molecule has 0 N–H and O–H groups in total. The maximum absolute atomic E-state index is 13.4. The molecular formula is C21H26N2OS. The van der Waals surface area contributed by atoms with Crippen molar-refractivity contribution in [2.75, 3.05) is 5.75 Å². The van der Waals surface area contributed by atoms with Crippen LogP contribution >= 0.6 is 11.8 Å². The first-order chi connectivity index (χ1) is 12.0. The smallest absolute Gasteiger partial charge is 0.258 e. The third-order valence-corrected chi connectivity index (χ3v) is 7.14. The standard InChI is InChI=1S/C21H26N2OS/c1-14(2)13-25-20-22-18-16-9-5-4-8-15(16)12-21(10-6-7-11-21)17(18)19(24)23(20)3/h4-5,8-9,14H,6-7,10-13H2,1-3H3. The number of benzene rings is 1. The number of thioether (sulfide) groups is 1. The quantitative estimate of drug-likeness (QED) is 0.598. The number of fused-ring (bicyclic) bond motifs is 4. The molecule has 1 aromatic carbocycles. The first-order valence-electron chi connectivity index (χ1n) is 9.34. The van der Waals surface area contributed by atoms with Gasteiger partial charge in [-0.2, -0.15) is 0 Å². The lowest BCUT2D eigenvalue weighted by Gasteiger charge is -2.36. The summed E-state index contributed by atoms with van der Waals surface area (Å²) in [4.78, 5) is 18.4. The maximum atomic E-state index is 13.4. The molecule has 4 rings (SSSR count). The van der Waals surface area contributed by atoms with Gasteiger partial charge in [-0.1, -0.05) is 62.7 Å². The molecule has 2 aliphatic carbocycles. The van der Waals surface area contributed by atoms with Gasteiger partial charge >= 0.3 is 0 Å². The molecule has 1 saturated carbocycles. The molecule has 1 aromatic heterocycles. The molecule has 0 atom stereocenters. The number of rotatable bonds is 3. The summed E-state index contributed by atoms with van der Waals surface area (Å²) in [5, 5.41) is 0.849. The van der Waals surface area contributed by atoms with Crippen molar-refractivity contribution in [2.45, 2.75) is 56.5 Å². The summed E-state index contributed by atoms with van der Waals surface area (Å²) < 4.78 is 1.79. The second-order valence-corrected chi connectivity index (χ2v) is 9.00. The first-order valence-corrected chi connectivity index (χ1v) is 10.3. The Morgan fingerprint density at radius 1 is 1.24 bits per heavy atom. The highest BCUT2D eigenvalue weighted by molar-refractivity contribution is 7.99. The van der Waals surface area contributed by atoms with Gasteiger partial charge in [-0.25, -0.2) is 4.98 Å². The van der Waals surface area contributed by atoms with E-state index >= 15 is 0 Å². The summed E-state index contributed by atoms with van der Waals surface area (Å²) in [6, 6.07) is 8.54. The molecule has 1 heterocycles. The number of nitrogens with zero attached hydrogens (tertiary/aromatic N) is 2. The van der Waals surface area contributed by atoms with Crippen LogP contribution in [0.3, 0.4) is 0 Å². The molecule has 0 bridgehead atoms. The van der Waals surface area contributed by atoms with Gasteiger partial charge in [0.25, 0.3) is 5.56 Å². The van der Waals surface area contributed by atoms with Gasteiger partial charge in [0.15, 0.2) is 5.16 Å². The lowest BCUT2D eigenvalue weighted by molar-refractivity contribution is 0.419. The van der Waals surface area contributed by atoms with Crippen LogP contribution in [0.4, 0.5) is 0 Å². The van der Waals surface area contributed by atoms with E-state index in [0.717, 1.165) is 41.4 Å².